The Morgan fingerprint density at radius 1 is 1.50 bits per heavy atom. The molecule has 0 amide bonds. The van der Waals surface area contributed by atoms with E-state index >= 15 is 0 Å². The summed E-state index contributed by atoms with van der Waals surface area (Å²) in [5.41, 5.74) is 5.55. The molecule has 1 aliphatic heterocycles. The predicted octanol–water partition coefficient (Wildman–Crippen LogP) is 0.961. The predicted molar refractivity (Wildman–Crippen MR) is 77.8 cm³/mol. The summed E-state index contributed by atoms with van der Waals surface area (Å²) in [6.45, 7) is 6.46. The van der Waals surface area contributed by atoms with Gasteiger partial charge >= 0.3 is 0 Å². The van der Waals surface area contributed by atoms with E-state index in [9.17, 15) is 8.42 Å². The van der Waals surface area contributed by atoms with E-state index in [0.29, 0.717) is 25.6 Å². The molecule has 0 saturated carbocycles. The highest BCUT2D eigenvalue weighted by atomic mass is 32.2. The molecule has 7 heteroatoms. The third-order valence-electron chi connectivity index (χ3n) is 3.85. The molecule has 2 rings (SSSR count). The van der Waals surface area contributed by atoms with Gasteiger partial charge in [0.1, 0.15) is 5.82 Å². The summed E-state index contributed by atoms with van der Waals surface area (Å²) >= 11 is 0. The molecule has 20 heavy (non-hydrogen) atoms. The van der Waals surface area contributed by atoms with Crippen LogP contribution in [0, 0.1) is 12.8 Å². The van der Waals surface area contributed by atoms with Crippen molar-refractivity contribution in [2.24, 2.45) is 11.7 Å². The van der Waals surface area contributed by atoms with Gasteiger partial charge in [-0.25, -0.2) is 13.4 Å². The van der Waals surface area contributed by atoms with Crippen LogP contribution in [-0.4, -0.2) is 41.9 Å². The van der Waals surface area contributed by atoms with Crippen molar-refractivity contribution >= 4 is 10.0 Å². The highest BCUT2D eigenvalue weighted by Crippen LogP contribution is 2.25. The minimum absolute atomic E-state index is 0.178. The molecule has 1 atom stereocenters. The Morgan fingerprint density at radius 2 is 2.25 bits per heavy atom. The number of imidazole rings is 1. The van der Waals surface area contributed by atoms with Crippen LogP contribution in [0.5, 0.6) is 0 Å². The van der Waals surface area contributed by atoms with Gasteiger partial charge in [0.2, 0.25) is 0 Å². The average Bonchev–Trinajstić information content (AvgIpc) is 2.99. The lowest BCUT2D eigenvalue weighted by molar-refractivity contribution is 0.447. The normalized spacial score (nSPS) is 20.6. The fourth-order valence-corrected chi connectivity index (χ4v) is 4.22. The van der Waals surface area contributed by atoms with Gasteiger partial charge in [-0.1, -0.05) is 6.92 Å². The van der Waals surface area contributed by atoms with E-state index in [1.807, 2.05) is 11.5 Å². The second kappa shape index (κ2) is 6.24. The molecule has 1 aliphatic rings. The summed E-state index contributed by atoms with van der Waals surface area (Å²) in [7, 11) is -3.45. The molecule has 1 aromatic heterocycles. The molecular formula is C13H24N4O2S. The second-order valence-electron chi connectivity index (χ2n) is 5.41. The largest absolute Gasteiger partial charge is 0.334 e. The van der Waals surface area contributed by atoms with E-state index in [-0.39, 0.29) is 5.03 Å². The second-order valence-corrected chi connectivity index (χ2v) is 7.30. The number of aromatic nitrogens is 2. The average molecular weight is 300 g/mol. The van der Waals surface area contributed by atoms with Gasteiger partial charge in [-0.2, -0.15) is 4.31 Å². The number of rotatable bonds is 6. The van der Waals surface area contributed by atoms with Crippen LogP contribution >= 0.6 is 0 Å². The lowest BCUT2D eigenvalue weighted by Gasteiger charge is -2.14. The van der Waals surface area contributed by atoms with E-state index in [2.05, 4.69) is 11.9 Å². The van der Waals surface area contributed by atoms with Crippen LogP contribution in [-0.2, 0) is 16.6 Å². The maximum Gasteiger partial charge on any atom is 0.262 e. The van der Waals surface area contributed by atoms with Crippen molar-refractivity contribution in [1.29, 1.82) is 0 Å². The van der Waals surface area contributed by atoms with Gasteiger partial charge < -0.3 is 10.3 Å². The summed E-state index contributed by atoms with van der Waals surface area (Å²) in [5, 5.41) is 0.178. The van der Waals surface area contributed by atoms with Crippen molar-refractivity contribution in [3.05, 3.63) is 12.0 Å². The molecule has 0 aromatic carbocycles. The van der Waals surface area contributed by atoms with Gasteiger partial charge in [-0.3, -0.25) is 0 Å². The van der Waals surface area contributed by atoms with Gasteiger partial charge in [0.05, 0.1) is 0 Å². The number of hydrogen-bond acceptors (Lipinski definition) is 4. The maximum absolute atomic E-state index is 12.6. The summed E-state index contributed by atoms with van der Waals surface area (Å²) in [5.74, 6) is 1.14. The molecule has 114 valence electrons. The van der Waals surface area contributed by atoms with Crippen molar-refractivity contribution in [1.82, 2.24) is 13.9 Å². The van der Waals surface area contributed by atoms with Crippen LogP contribution in [0.1, 0.15) is 32.0 Å². The molecule has 1 unspecified atom stereocenters. The fraction of sp³-hybridized carbons (Fsp3) is 0.769. The van der Waals surface area contributed by atoms with E-state index in [4.69, 9.17) is 5.73 Å². The van der Waals surface area contributed by atoms with E-state index in [0.717, 1.165) is 31.6 Å². The molecule has 2 N–H and O–H groups in total. The monoisotopic (exact) mass is 300 g/mol. The van der Waals surface area contributed by atoms with Gasteiger partial charge in [0, 0.05) is 25.8 Å². The van der Waals surface area contributed by atoms with Crippen molar-refractivity contribution in [3.8, 4) is 0 Å². The lowest BCUT2D eigenvalue weighted by atomic mass is 10.1. The van der Waals surface area contributed by atoms with Gasteiger partial charge in [-0.05, 0) is 38.6 Å². The van der Waals surface area contributed by atoms with Crippen LogP contribution in [0.25, 0.3) is 0 Å². The molecular weight excluding hydrogens is 276 g/mol. The van der Waals surface area contributed by atoms with Crippen LogP contribution < -0.4 is 5.73 Å². The summed E-state index contributed by atoms with van der Waals surface area (Å²) in [4.78, 5) is 4.23. The minimum atomic E-state index is -3.45. The molecule has 1 aromatic rings. The van der Waals surface area contributed by atoms with Crippen molar-refractivity contribution in [2.45, 2.75) is 44.7 Å². The molecule has 0 bridgehead atoms. The first-order valence-electron chi connectivity index (χ1n) is 7.23. The van der Waals surface area contributed by atoms with Crippen molar-refractivity contribution in [3.63, 3.8) is 0 Å². The number of nitrogens with two attached hydrogens (primary N) is 1. The van der Waals surface area contributed by atoms with E-state index in [1.54, 1.807) is 10.5 Å². The first-order chi connectivity index (χ1) is 9.48. The summed E-state index contributed by atoms with van der Waals surface area (Å²) in [6.07, 6.45) is 4.39. The van der Waals surface area contributed by atoms with Gasteiger partial charge in [0.15, 0.2) is 5.03 Å². The molecule has 6 nitrogen and oxygen atoms in total. The molecule has 0 spiro atoms. The number of sulfonamides is 1. The van der Waals surface area contributed by atoms with Crippen LogP contribution in [0.4, 0.5) is 0 Å². The highest BCUT2D eigenvalue weighted by molar-refractivity contribution is 7.89. The standard InChI is InChI=1S/C13H24N4O2S/c1-3-7-16-10-13(15-11(16)2)20(18,19)17-8-5-12(9-17)4-6-14/h10,12H,3-9,14H2,1-2H3. The molecule has 2 heterocycles. The van der Waals surface area contributed by atoms with Crippen LogP contribution in [0.2, 0.25) is 0 Å². The Balaban J connectivity index is 2.16. The number of nitrogens with zero attached hydrogens (tertiary/aromatic N) is 3. The van der Waals surface area contributed by atoms with Gasteiger partial charge in [-0.15, -0.1) is 0 Å². The van der Waals surface area contributed by atoms with E-state index < -0.39 is 10.0 Å². The minimum Gasteiger partial charge on any atom is -0.334 e. The molecule has 0 radical (unpaired) electrons. The molecule has 0 aliphatic carbocycles. The number of aryl methyl sites for hydroxylation is 2. The highest BCUT2D eigenvalue weighted by Gasteiger charge is 2.33. The van der Waals surface area contributed by atoms with Crippen molar-refractivity contribution < 1.29 is 8.42 Å². The Labute approximate surface area is 121 Å². The summed E-state index contributed by atoms with van der Waals surface area (Å²) in [6, 6.07) is 0. The molecule has 1 saturated heterocycles. The maximum atomic E-state index is 12.6. The Hall–Kier alpha value is -0.920. The zero-order valence-corrected chi connectivity index (χ0v) is 13.1. The third-order valence-corrected chi connectivity index (χ3v) is 5.58. The zero-order chi connectivity index (χ0) is 14.8. The lowest BCUT2D eigenvalue weighted by Crippen LogP contribution is -2.29. The number of hydrogen-bond donors (Lipinski definition) is 1. The topological polar surface area (TPSA) is 81.2 Å². The smallest absolute Gasteiger partial charge is 0.262 e. The first kappa shape index (κ1) is 15.5. The Bertz CT molecular complexity index is 553. The van der Waals surface area contributed by atoms with Crippen LogP contribution in [0.3, 0.4) is 0 Å². The fourth-order valence-electron chi connectivity index (χ4n) is 2.69. The molecule has 1 fully saturated rings. The van der Waals surface area contributed by atoms with Crippen molar-refractivity contribution in [2.75, 3.05) is 19.6 Å². The zero-order valence-electron chi connectivity index (χ0n) is 12.2. The quantitative estimate of drug-likeness (QED) is 0.848. The third kappa shape index (κ3) is 3.05. The summed E-state index contributed by atoms with van der Waals surface area (Å²) < 4.78 is 28.6. The van der Waals surface area contributed by atoms with Crippen LogP contribution in [0.15, 0.2) is 11.2 Å². The first-order valence-corrected chi connectivity index (χ1v) is 8.67. The Kier molecular flexibility index (Phi) is 4.82. The van der Waals surface area contributed by atoms with Gasteiger partial charge in [0.25, 0.3) is 10.0 Å². The SMILES string of the molecule is CCCn1cc(S(=O)(=O)N2CCC(CCN)C2)nc1C. The Morgan fingerprint density at radius 3 is 2.90 bits per heavy atom. The van der Waals surface area contributed by atoms with E-state index in [1.165, 1.54) is 0 Å².